The molecule has 0 radical (unpaired) electrons. The summed E-state index contributed by atoms with van der Waals surface area (Å²) in [6.45, 7) is 4.61. The monoisotopic (exact) mass is 648 g/mol. The number of hydrogen-bond acceptors (Lipinski definition) is 9. The van der Waals surface area contributed by atoms with Crippen LogP contribution in [0, 0.1) is 5.92 Å². The molecule has 1 aromatic carbocycles. The average molecular weight is 649 g/mol. The molecule has 5 atom stereocenters. The van der Waals surface area contributed by atoms with Crippen LogP contribution in [0.2, 0.25) is 0 Å². The number of aliphatic carboxylic acids is 2. The van der Waals surface area contributed by atoms with E-state index in [2.05, 4.69) is 21.3 Å². The molecule has 0 aromatic heterocycles. The van der Waals surface area contributed by atoms with Gasteiger partial charge >= 0.3 is 11.9 Å². The van der Waals surface area contributed by atoms with Crippen molar-refractivity contribution in [1.82, 2.24) is 26.2 Å². The van der Waals surface area contributed by atoms with E-state index in [9.17, 15) is 38.7 Å². The number of benzene rings is 1. The summed E-state index contributed by atoms with van der Waals surface area (Å²) in [7, 11) is 0. The number of carboxylic acid groups (broad SMARTS) is 2. The second-order valence-electron chi connectivity index (χ2n) is 11.7. The molecule has 2 rings (SSSR count). The number of rotatable bonds is 17. The van der Waals surface area contributed by atoms with Gasteiger partial charge in [-0.1, -0.05) is 26.0 Å². The lowest BCUT2D eigenvalue weighted by Gasteiger charge is -2.31. The smallest absolute Gasteiger partial charge is 0.322 e. The van der Waals surface area contributed by atoms with Crippen molar-refractivity contribution in [1.29, 1.82) is 0 Å². The van der Waals surface area contributed by atoms with E-state index in [-0.39, 0.29) is 50.3 Å². The topological polar surface area (TPSA) is 258 Å². The molecule has 1 heterocycles. The van der Waals surface area contributed by atoms with Gasteiger partial charge < -0.3 is 47.2 Å². The highest BCUT2D eigenvalue weighted by Crippen LogP contribution is 2.21. The Kier molecular flexibility index (Phi) is 14.4. The lowest BCUT2D eigenvalue weighted by Crippen LogP contribution is -2.58. The second-order valence-corrected chi connectivity index (χ2v) is 11.7. The predicted octanol–water partition coefficient (Wildman–Crippen LogP) is -1.16. The molecule has 0 unspecified atom stereocenters. The zero-order chi connectivity index (χ0) is 34.6. The number of phenols is 1. The van der Waals surface area contributed by atoms with E-state index in [1.165, 1.54) is 24.0 Å². The number of amides is 5. The van der Waals surface area contributed by atoms with E-state index in [0.717, 1.165) is 0 Å². The van der Waals surface area contributed by atoms with Gasteiger partial charge in [0.1, 0.15) is 36.5 Å². The number of carbonyl (C=O) groups excluding carboxylic acids is 5. The molecule has 1 aromatic rings. The Labute approximate surface area is 266 Å². The number of likely N-dealkylation sites (tertiary alicyclic amines) is 1. The molecular weight excluding hydrogens is 604 g/mol. The first-order chi connectivity index (χ1) is 21.6. The third kappa shape index (κ3) is 12.0. The maximum absolute atomic E-state index is 13.7. The quantitative estimate of drug-likeness (QED) is 0.0999. The maximum Gasteiger partial charge on any atom is 0.322 e. The van der Waals surface area contributed by atoms with E-state index in [0.29, 0.717) is 12.0 Å². The molecule has 0 bridgehead atoms. The summed E-state index contributed by atoms with van der Waals surface area (Å²) < 4.78 is 0. The summed E-state index contributed by atoms with van der Waals surface area (Å²) in [6, 6.07) is 0.395. The van der Waals surface area contributed by atoms with Gasteiger partial charge in [0.05, 0.1) is 6.04 Å². The molecule has 254 valence electrons. The fraction of sp³-hybridized carbons (Fsp3) is 0.567. The fourth-order valence-corrected chi connectivity index (χ4v) is 4.93. The third-order valence-corrected chi connectivity index (χ3v) is 7.34. The highest BCUT2D eigenvalue weighted by molar-refractivity contribution is 5.96. The van der Waals surface area contributed by atoms with Crippen molar-refractivity contribution >= 4 is 41.5 Å². The number of nitrogens with zero attached hydrogens (tertiary/aromatic N) is 1. The van der Waals surface area contributed by atoms with Crippen LogP contribution in [0.25, 0.3) is 0 Å². The first-order valence-corrected chi connectivity index (χ1v) is 15.0. The standard InChI is InChI=1S/C30H44N6O10/c1-16(2)13-22(35-27(43)20(31)10-11-24(38)39)30(46)36-12-4-5-23(36)29(45)34-21(14-18-6-8-19(37)9-7-18)28(44)33-17(3)26(42)32-15-25(40)41/h6-9,16-17,20-23,37H,4-5,10-15,31H2,1-3H3,(H,32,42)(H,33,44)(H,34,45)(H,35,43)(H,38,39)(H,40,41)/t17-,20-,21-,22-,23-/m0/s1. The molecule has 1 aliphatic heterocycles. The highest BCUT2D eigenvalue weighted by atomic mass is 16.4. The van der Waals surface area contributed by atoms with Crippen molar-refractivity contribution in [3.05, 3.63) is 29.8 Å². The summed E-state index contributed by atoms with van der Waals surface area (Å²) in [5, 5.41) is 37.3. The Bertz CT molecular complexity index is 1270. The number of carboxylic acids is 2. The summed E-state index contributed by atoms with van der Waals surface area (Å²) in [6.07, 6.45) is 0.496. The minimum atomic E-state index is -1.27. The van der Waals surface area contributed by atoms with Gasteiger partial charge in [0, 0.05) is 19.4 Å². The number of nitrogens with two attached hydrogens (primary N) is 1. The summed E-state index contributed by atoms with van der Waals surface area (Å²) in [5.41, 5.74) is 6.41. The molecular formula is C30H44N6O10. The van der Waals surface area contributed by atoms with Crippen LogP contribution < -0.4 is 27.0 Å². The zero-order valence-electron chi connectivity index (χ0n) is 26.2. The predicted molar refractivity (Wildman–Crippen MR) is 163 cm³/mol. The molecule has 0 aliphatic carbocycles. The number of nitrogens with one attached hydrogen (secondary N) is 4. The second kappa shape index (κ2) is 17.7. The van der Waals surface area contributed by atoms with Gasteiger partial charge in [0.2, 0.25) is 29.5 Å². The minimum absolute atomic E-state index is 0.0106. The Morgan fingerprint density at radius 3 is 2.13 bits per heavy atom. The van der Waals surface area contributed by atoms with Gasteiger partial charge in [-0.2, -0.15) is 0 Å². The Hall–Kier alpha value is -4.73. The summed E-state index contributed by atoms with van der Waals surface area (Å²) >= 11 is 0. The molecule has 46 heavy (non-hydrogen) atoms. The SMILES string of the molecule is CC(C)C[C@H](NC(=O)[C@@H](N)CCC(=O)O)C(=O)N1CCC[C@H]1C(=O)N[C@@H](Cc1ccc(O)cc1)C(=O)N[C@@H](C)C(=O)NCC(=O)O. The van der Waals surface area contributed by atoms with Crippen LogP contribution in [-0.4, -0.2) is 105 Å². The van der Waals surface area contributed by atoms with Crippen LogP contribution in [0.15, 0.2) is 24.3 Å². The van der Waals surface area contributed by atoms with Crippen molar-refractivity contribution < 1.29 is 48.9 Å². The molecule has 1 saturated heterocycles. The lowest BCUT2D eigenvalue weighted by atomic mass is 10.0. The minimum Gasteiger partial charge on any atom is -0.508 e. The van der Waals surface area contributed by atoms with Gasteiger partial charge in [-0.3, -0.25) is 33.6 Å². The summed E-state index contributed by atoms with van der Waals surface area (Å²) in [5.74, 6) is -5.76. The Morgan fingerprint density at radius 2 is 1.54 bits per heavy atom. The van der Waals surface area contributed by atoms with Crippen molar-refractivity contribution in [2.45, 2.75) is 89.5 Å². The number of hydrogen-bond donors (Lipinski definition) is 8. The molecule has 1 fully saturated rings. The lowest BCUT2D eigenvalue weighted by molar-refractivity contribution is -0.142. The molecule has 16 heteroatoms. The Balaban J connectivity index is 2.22. The van der Waals surface area contributed by atoms with Crippen molar-refractivity contribution in [3.63, 3.8) is 0 Å². The first-order valence-electron chi connectivity index (χ1n) is 15.0. The number of phenolic OH excluding ortho intramolecular Hbond substituents is 1. The van der Waals surface area contributed by atoms with E-state index in [1.54, 1.807) is 12.1 Å². The third-order valence-electron chi connectivity index (χ3n) is 7.34. The van der Waals surface area contributed by atoms with Crippen LogP contribution in [0.3, 0.4) is 0 Å². The molecule has 9 N–H and O–H groups in total. The van der Waals surface area contributed by atoms with Crippen LogP contribution >= 0.6 is 0 Å². The van der Waals surface area contributed by atoms with Crippen molar-refractivity contribution in [2.24, 2.45) is 11.7 Å². The largest absolute Gasteiger partial charge is 0.508 e. The van der Waals surface area contributed by atoms with E-state index in [1.807, 2.05) is 13.8 Å². The van der Waals surface area contributed by atoms with E-state index in [4.69, 9.17) is 15.9 Å². The van der Waals surface area contributed by atoms with Gasteiger partial charge in [-0.25, -0.2) is 0 Å². The van der Waals surface area contributed by atoms with E-state index < -0.39 is 78.2 Å². The van der Waals surface area contributed by atoms with Crippen LogP contribution in [-0.2, 0) is 40.0 Å². The zero-order valence-corrected chi connectivity index (χ0v) is 26.2. The van der Waals surface area contributed by atoms with Gasteiger partial charge in [0.25, 0.3) is 0 Å². The maximum atomic E-state index is 13.7. The normalized spacial score (nSPS) is 16.9. The van der Waals surface area contributed by atoms with Crippen molar-refractivity contribution in [2.75, 3.05) is 13.1 Å². The molecule has 5 amide bonds. The first kappa shape index (κ1) is 37.5. The highest BCUT2D eigenvalue weighted by Gasteiger charge is 2.39. The molecule has 1 aliphatic rings. The molecule has 0 spiro atoms. The molecule has 16 nitrogen and oxygen atoms in total. The Morgan fingerprint density at radius 1 is 0.891 bits per heavy atom. The van der Waals surface area contributed by atoms with Crippen molar-refractivity contribution in [3.8, 4) is 5.75 Å². The number of carbonyl (C=O) groups is 7. The van der Waals surface area contributed by atoms with Crippen LogP contribution in [0.1, 0.15) is 58.4 Å². The van der Waals surface area contributed by atoms with Crippen LogP contribution in [0.5, 0.6) is 5.75 Å². The number of aromatic hydroxyl groups is 1. The molecule has 0 saturated carbocycles. The van der Waals surface area contributed by atoms with Gasteiger partial charge in [-0.15, -0.1) is 0 Å². The average Bonchev–Trinajstić information content (AvgIpc) is 3.48. The fourth-order valence-electron chi connectivity index (χ4n) is 4.93. The van der Waals surface area contributed by atoms with Crippen LogP contribution in [0.4, 0.5) is 0 Å². The van der Waals surface area contributed by atoms with E-state index >= 15 is 0 Å². The van der Waals surface area contributed by atoms with Gasteiger partial charge in [-0.05, 0) is 56.2 Å². The van der Waals surface area contributed by atoms with Gasteiger partial charge in [0.15, 0.2) is 0 Å². The summed E-state index contributed by atoms with van der Waals surface area (Å²) in [4.78, 5) is 88.6.